The maximum absolute atomic E-state index is 13.1. The summed E-state index contributed by atoms with van der Waals surface area (Å²) in [7, 11) is 1.76. The first-order valence-electron chi connectivity index (χ1n) is 12.3. The molecule has 2 aromatic carbocycles. The Hall–Kier alpha value is -3.54. The number of rotatable bonds is 8. The Morgan fingerprint density at radius 3 is 2.57 bits per heavy atom. The first-order valence-corrected chi connectivity index (χ1v) is 12.3. The average Bonchev–Trinajstić information content (AvgIpc) is 3.39. The Morgan fingerprint density at radius 1 is 1.14 bits per heavy atom. The molecule has 0 spiro atoms. The molecule has 0 aliphatic carbocycles. The molecule has 3 aromatic rings. The zero-order valence-electron chi connectivity index (χ0n) is 21.0. The molecular weight excluding hydrogens is 440 g/mol. The molecule has 1 aliphatic heterocycles. The Labute approximate surface area is 207 Å². The molecule has 2 atom stereocenters. The van der Waals surface area contributed by atoms with Crippen LogP contribution in [-0.4, -0.2) is 41.3 Å². The molecule has 1 aromatic heterocycles. The smallest absolute Gasteiger partial charge is 0.263 e. The third-order valence-electron chi connectivity index (χ3n) is 6.64. The average molecular weight is 475 g/mol. The zero-order chi connectivity index (χ0) is 24.9. The second-order valence-electron chi connectivity index (χ2n) is 9.15. The molecule has 6 heteroatoms. The third kappa shape index (κ3) is 5.42. The van der Waals surface area contributed by atoms with E-state index in [4.69, 9.17) is 9.15 Å². The lowest BCUT2D eigenvalue weighted by Crippen LogP contribution is -2.40. The van der Waals surface area contributed by atoms with E-state index in [9.17, 15) is 9.59 Å². The highest BCUT2D eigenvalue weighted by atomic mass is 16.5. The third-order valence-corrected chi connectivity index (χ3v) is 6.64. The van der Waals surface area contributed by atoms with Crippen LogP contribution in [0, 0.1) is 6.92 Å². The topological polar surface area (TPSA) is 63.0 Å². The Morgan fingerprint density at radius 2 is 1.91 bits per heavy atom. The van der Waals surface area contributed by atoms with Crippen LogP contribution in [0.2, 0.25) is 0 Å². The number of carbonyl (C=O) groups is 2. The zero-order valence-corrected chi connectivity index (χ0v) is 21.0. The van der Waals surface area contributed by atoms with Gasteiger partial charge in [0.05, 0.1) is 18.8 Å². The molecular formula is C29H34N2O4. The van der Waals surface area contributed by atoms with Gasteiger partial charge in [-0.2, -0.15) is 0 Å². The van der Waals surface area contributed by atoms with Gasteiger partial charge in [0.25, 0.3) is 5.91 Å². The molecule has 2 amide bonds. The molecule has 2 heterocycles. The number of hydrogen-bond acceptors (Lipinski definition) is 4. The standard InChI is InChI=1S/C29H34N2O4/c1-5-26(29(33)30(4)19-24-8-7-17-34-24)35-23-14-13-21-15-16-31(27(32)6-2)28(25(21)18-23)22-11-9-20(3)10-12-22/h7-14,17-18,26,28H,5-6,15-16,19H2,1-4H3/t26-,28-/m0/s1. The van der Waals surface area contributed by atoms with Gasteiger partial charge < -0.3 is 19.0 Å². The van der Waals surface area contributed by atoms with E-state index in [0.717, 1.165) is 23.3 Å². The summed E-state index contributed by atoms with van der Waals surface area (Å²) in [5.74, 6) is 1.40. The molecule has 0 radical (unpaired) electrons. The van der Waals surface area contributed by atoms with Crippen molar-refractivity contribution in [3.63, 3.8) is 0 Å². The van der Waals surface area contributed by atoms with E-state index in [1.165, 1.54) is 11.1 Å². The van der Waals surface area contributed by atoms with Gasteiger partial charge in [0, 0.05) is 20.0 Å². The molecule has 0 unspecified atom stereocenters. The van der Waals surface area contributed by atoms with Crippen molar-refractivity contribution in [1.29, 1.82) is 0 Å². The van der Waals surface area contributed by atoms with Gasteiger partial charge in [-0.3, -0.25) is 9.59 Å². The van der Waals surface area contributed by atoms with Gasteiger partial charge in [0.15, 0.2) is 6.10 Å². The first kappa shape index (κ1) is 24.6. The summed E-state index contributed by atoms with van der Waals surface area (Å²) in [5.41, 5.74) is 4.53. The van der Waals surface area contributed by atoms with E-state index >= 15 is 0 Å². The Bertz CT molecular complexity index is 1150. The summed E-state index contributed by atoms with van der Waals surface area (Å²) in [5, 5.41) is 0. The molecule has 4 rings (SSSR count). The minimum atomic E-state index is -0.609. The number of likely N-dealkylation sites (N-methyl/N-ethyl adjacent to an activating group) is 1. The van der Waals surface area contributed by atoms with E-state index < -0.39 is 6.10 Å². The molecule has 0 saturated heterocycles. The monoisotopic (exact) mass is 474 g/mol. The number of furan rings is 1. The van der Waals surface area contributed by atoms with Gasteiger partial charge in [0.2, 0.25) is 5.91 Å². The van der Waals surface area contributed by atoms with Crippen molar-refractivity contribution in [2.75, 3.05) is 13.6 Å². The highest BCUT2D eigenvalue weighted by Gasteiger charge is 2.32. The summed E-state index contributed by atoms with van der Waals surface area (Å²) in [6, 6.07) is 17.9. The fraction of sp³-hybridized carbons (Fsp3) is 0.379. The Kier molecular flexibility index (Phi) is 7.59. The maximum atomic E-state index is 13.1. The van der Waals surface area contributed by atoms with Crippen molar-refractivity contribution in [1.82, 2.24) is 9.80 Å². The summed E-state index contributed by atoms with van der Waals surface area (Å²) in [4.78, 5) is 29.6. The van der Waals surface area contributed by atoms with Gasteiger partial charge in [-0.05, 0) is 60.7 Å². The molecule has 184 valence electrons. The summed E-state index contributed by atoms with van der Waals surface area (Å²) < 4.78 is 11.6. The van der Waals surface area contributed by atoms with Crippen LogP contribution in [0.1, 0.15) is 60.7 Å². The van der Waals surface area contributed by atoms with Crippen LogP contribution in [-0.2, 0) is 22.6 Å². The van der Waals surface area contributed by atoms with Crippen molar-refractivity contribution >= 4 is 11.8 Å². The number of ether oxygens (including phenoxy) is 1. The lowest BCUT2D eigenvalue weighted by Gasteiger charge is -2.38. The van der Waals surface area contributed by atoms with Gasteiger partial charge >= 0.3 is 0 Å². The molecule has 0 bridgehead atoms. The second-order valence-corrected chi connectivity index (χ2v) is 9.15. The molecule has 35 heavy (non-hydrogen) atoms. The van der Waals surface area contributed by atoms with Crippen molar-refractivity contribution < 1.29 is 18.7 Å². The fourth-order valence-electron chi connectivity index (χ4n) is 4.68. The number of carbonyl (C=O) groups excluding carboxylic acids is 2. The second kappa shape index (κ2) is 10.8. The maximum Gasteiger partial charge on any atom is 0.263 e. The Balaban J connectivity index is 1.61. The van der Waals surface area contributed by atoms with Gasteiger partial charge in [-0.15, -0.1) is 0 Å². The van der Waals surface area contributed by atoms with Crippen molar-refractivity contribution in [2.24, 2.45) is 0 Å². The summed E-state index contributed by atoms with van der Waals surface area (Å²) in [6.45, 7) is 6.98. The van der Waals surface area contributed by atoms with E-state index in [1.54, 1.807) is 18.2 Å². The van der Waals surface area contributed by atoms with Crippen LogP contribution in [0.4, 0.5) is 0 Å². The van der Waals surface area contributed by atoms with Gasteiger partial charge in [0.1, 0.15) is 11.5 Å². The van der Waals surface area contributed by atoms with E-state index in [0.29, 0.717) is 31.7 Å². The van der Waals surface area contributed by atoms with Crippen LogP contribution in [0.15, 0.2) is 65.3 Å². The molecule has 0 N–H and O–H groups in total. The number of amides is 2. The van der Waals surface area contributed by atoms with Crippen molar-refractivity contribution in [2.45, 2.75) is 58.7 Å². The first-order chi connectivity index (χ1) is 16.9. The molecule has 6 nitrogen and oxygen atoms in total. The predicted octanol–water partition coefficient (Wildman–Crippen LogP) is 5.29. The van der Waals surface area contributed by atoms with E-state index in [2.05, 4.69) is 37.3 Å². The van der Waals surface area contributed by atoms with Crippen LogP contribution < -0.4 is 4.74 Å². The number of fused-ring (bicyclic) bond motifs is 1. The van der Waals surface area contributed by atoms with E-state index in [1.807, 2.05) is 43.0 Å². The number of benzene rings is 2. The summed E-state index contributed by atoms with van der Waals surface area (Å²) >= 11 is 0. The lowest BCUT2D eigenvalue weighted by atomic mass is 9.87. The minimum absolute atomic E-state index is 0.0977. The number of hydrogen-bond donors (Lipinski definition) is 0. The van der Waals surface area contributed by atoms with Crippen LogP contribution in [0.3, 0.4) is 0 Å². The summed E-state index contributed by atoms with van der Waals surface area (Å²) in [6.07, 6.45) is 2.79. The molecule has 1 aliphatic rings. The number of aryl methyl sites for hydroxylation is 1. The van der Waals surface area contributed by atoms with Gasteiger partial charge in [-0.25, -0.2) is 0 Å². The molecule has 0 saturated carbocycles. The van der Waals surface area contributed by atoms with Crippen LogP contribution in [0.25, 0.3) is 0 Å². The fourth-order valence-corrected chi connectivity index (χ4v) is 4.68. The minimum Gasteiger partial charge on any atom is -0.481 e. The SMILES string of the molecule is CCC(=O)N1CCc2ccc(O[C@@H](CC)C(=O)N(C)Cc3ccco3)cc2[C@@H]1c1ccc(C)cc1. The number of nitrogens with zero attached hydrogens (tertiary/aromatic N) is 2. The lowest BCUT2D eigenvalue weighted by molar-refractivity contribution is -0.138. The van der Waals surface area contributed by atoms with Crippen molar-refractivity contribution in [3.05, 3.63) is 88.9 Å². The highest BCUT2D eigenvalue weighted by Crippen LogP contribution is 2.38. The van der Waals surface area contributed by atoms with Crippen LogP contribution in [0.5, 0.6) is 5.75 Å². The highest BCUT2D eigenvalue weighted by molar-refractivity contribution is 5.81. The predicted molar refractivity (Wildman–Crippen MR) is 135 cm³/mol. The van der Waals surface area contributed by atoms with E-state index in [-0.39, 0.29) is 17.9 Å². The van der Waals surface area contributed by atoms with Gasteiger partial charge in [-0.1, -0.05) is 49.7 Å². The van der Waals surface area contributed by atoms with Crippen LogP contribution >= 0.6 is 0 Å². The normalized spacial score (nSPS) is 15.9. The van der Waals surface area contributed by atoms with Crippen molar-refractivity contribution in [3.8, 4) is 5.75 Å². The quantitative estimate of drug-likeness (QED) is 0.445. The largest absolute Gasteiger partial charge is 0.481 e. The molecule has 0 fully saturated rings.